The highest BCUT2D eigenvalue weighted by molar-refractivity contribution is 5.80. The summed E-state index contributed by atoms with van der Waals surface area (Å²) in [5.41, 5.74) is 0.962. The van der Waals surface area contributed by atoms with Crippen LogP contribution in [0.2, 0.25) is 0 Å². The molecule has 3 rings (SSSR count). The lowest BCUT2D eigenvalue weighted by atomic mass is 10.2. The fourth-order valence-electron chi connectivity index (χ4n) is 3.75. The number of nitrogens with one attached hydrogen (secondary N) is 1. The zero-order valence-corrected chi connectivity index (χ0v) is 19.7. The second-order valence-corrected chi connectivity index (χ2v) is 8.51. The Morgan fingerprint density at radius 3 is 2.69 bits per heavy atom. The van der Waals surface area contributed by atoms with E-state index >= 15 is 0 Å². The molecule has 8 nitrogen and oxygen atoms in total. The highest BCUT2D eigenvalue weighted by Crippen LogP contribution is 2.19. The van der Waals surface area contributed by atoms with Crippen LogP contribution in [0, 0.1) is 11.7 Å². The smallest absolute Gasteiger partial charge is 0.194 e. The average molecular weight is 446 g/mol. The largest absolute Gasteiger partial charge is 0.494 e. The molecule has 1 saturated heterocycles. The Morgan fingerprint density at radius 2 is 2.03 bits per heavy atom. The van der Waals surface area contributed by atoms with Crippen LogP contribution in [-0.2, 0) is 19.5 Å². The summed E-state index contributed by atoms with van der Waals surface area (Å²) in [7, 11) is 1.48. The summed E-state index contributed by atoms with van der Waals surface area (Å²) in [6, 6.07) is 5.19. The van der Waals surface area contributed by atoms with Gasteiger partial charge in [-0.1, -0.05) is 26.8 Å². The number of aryl methyl sites for hydroxylation is 1. The first kappa shape index (κ1) is 24.0. The minimum atomic E-state index is -0.310. The average Bonchev–Trinajstić information content (AvgIpc) is 3.24. The SMILES string of the molecule is CCc1nncn1CCNC(=NCC(C)C)N1CCN(Cc2ccc(OC)c(F)c2)CC1. The summed E-state index contributed by atoms with van der Waals surface area (Å²) >= 11 is 0. The van der Waals surface area contributed by atoms with Gasteiger partial charge in [0.05, 0.1) is 7.11 Å². The van der Waals surface area contributed by atoms with E-state index < -0.39 is 0 Å². The molecular formula is C23H36FN7O. The van der Waals surface area contributed by atoms with Gasteiger partial charge in [-0.05, 0) is 23.6 Å². The van der Waals surface area contributed by atoms with Gasteiger partial charge >= 0.3 is 0 Å². The summed E-state index contributed by atoms with van der Waals surface area (Å²) in [4.78, 5) is 9.53. The molecule has 0 unspecified atom stereocenters. The predicted octanol–water partition coefficient (Wildman–Crippen LogP) is 2.41. The number of hydrogen-bond donors (Lipinski definition) is 1. The number of methoxy groups -OCH3 is 1. The molecule has 9 heteroatoms. The molecular weight excluding hydrogens is 409 g/mol. The van der Waals surface area contributed by atoms with E-state index in [1.165, 1.54) is 7.11 Å². The number of piperazine rings is 1. The molecule has 176 valence electrons. The first-order chi connectivity index (χ1) is 15.5. The second-order valence-electron chi connectivity index (χ2n) is 8.51. The third kappa shape index (κ3) is 6.66. The number of aliphatic imine (C=N–C) groups is 1. The van der Waals surface area contributed by atoms with Crippen LogP contribution in [-0.4, -0.2) is 76.9 Å². The van der Waals surface area contributed by atoms with Crippen LogP contribution in [0.1, 0.15) is 32.2 Å². The predicted molar refractivity (Wildman–Crippen MR) is 124 cm³/mol. The molecule has 0 atom stereocenters. The molecule has 1 aliphatic heterocycles. The monoisotopic (exact) mass is 445 g/mol. The summed E-state index contributed by atoms with van der Waals surface area (Å²) in [6.45, 7) is 13.1. The Hall–Kier alpha value is -2.68. The van der Waals surface area contributed by atoms with Crippen molar-refractivity contribution in [3.63, 3.8) is 0 Å². The maximum absolute atomic E-state index is 14.0. The molecule has 1 N–H and O–H groups in total. The van der Waals surface area contributed by atoms with Crippen molar-refractivity contribution >= 4 is 5.96 Å². The molecule has 0 bridgehead atoms. The summed E-state index contributed by atoms with van der Waals surface area (Å²) in [6.07, 6.45) is 2.65. The highest BCUT2D eigenvalue weighted by Gasteiger charge is 2.20. The van der Waals surface area contributed by atoms with Crippen molar-refractivity contribution in [1.82, 2.24) is 29.9 Å². The number of guanidine groups is 1. The van der Waals surface area contributed by atoms with Gasteiger partial charge in [0.25, 0.3) is 0 Å². The lowest BCUT2D eigenvalue weighted by molar-refractivity contribution is 0.172. The number of ether oxygens (including phenoxy) is 1. The zero-order chi connectivity index (χ0) is 22.9. The van der Waals surface area contributed by atoms with Gasteiger partial charge in [-0.15, -0.1) is 10.2 Å². The third-order valence-electron chi connectivity index (χ3n) is 5.55. The van der Waals surface area contributed by atoms with Crippen LogP contribution in [0.25, 0.3) is 0 Å². The van der Waals surface area contributed by atoms with Crippen molar-refractivity contribution in [3.05, 3.63) is 41.7 Å². The summed E-state index contributed by atoms with van der Waals surface area (Å²) in [5.74, 6) is 2.43. The first-order valence-electron chi connectivity index (χ1n) is 11.4. The molecule has 1 aromatic heterocycles. The number of nitrogens with zero attached hydrogens (tertiary/aromatic N) is 6. The topological polar surface area (TPSA) is 70.8 Å². The Morgan fingerprint density at radius 1 is 1.25 bits per heavy atom. The van der Waals surface area contributed by atoms with Crippen molar-refractivity contribution in [3.8, 4) is 5.75 Å². The molecule has 1 aromatic carbocycles. The Balaban J connectivity index is 1.54. The Bertz CT molecular complexity index is 875. The van der Waals surface area contributed by atoms with E-state index in [2.05, 4.69) is 50.7 Å². The van der Waals surface area contributed by atoms with Gasteiger partial charge in [0.2, 0.25) is 0 Å². The van der Waals surface area contributed by atoms with Crippen LogP contribution in [0.3, 0.4) is 0 Å². The molecule has 0 spiro atoms. The number of halogens is 1. The zero-order valence-electron chi connectivity index (χ0n) is 19.7. The maximum atomic E-state index is 14.0. The second kappa shape index (κ2) is 11.8. The fourth-order valence-corrected chi connectivity index (χ4v) is 3.75. The molecule has 0 amide bonds. The van der Waals surface area contributed by atoms with Gasteiger partial charge in [0, 0.05) is 58.8 Å². The molecule has 0 saturated carbocycles. The van der Waals surface area contributed by atoms with Crippen LogP contribution in [0.15, 0.2) is 29.5 Å². The quantitative estimate of drug-likeness (QED) is 0.472. The molecule has 0 aliphatic carbocycles. The molecule has 2 heterocycles. The van der Waals surface area contributed by atoms with Crippen LogP contribution < -0.4 is 10.1 Å². The molecule has 0 radical (unpaired) electrons. The van der Waals surface area contributed by atoms with Gasteiger partial charge < -0.3 is 19.5 Å². The minimum Gasteiger partial charge on any atom is -0.494 e. The molecule has 1 aliphatic rings. The highest BCUT2D eigenvalue weighted by atomic mass is 19.1. The number of hydrogen-bond acceptors (Lipinski definition) is 5. The van der Waals surface area contributed by atoms with Gasteiger partial charge in [0.15, 0.2) is 17.5 Å². The van der Waals surface area contributed by atoms with E-state index in [4.69, 9.17) is 9.73 Å². The van der Waals surface area contributed by atoms with Gasteiger partial charge in [-0.3, -0.25) is 9.89 Å². The van der Waals surface area contributed by atoms with Gasteiger partial charge in [-0.2, -0.15) is 0 Å². The number of aromatic nitrogens is 3. The molecule has 32 heavy (non-hydrogen) atoms. The summed E-state index contributed by atoms with van der Waals surface area (Å²) in [5, 5.41) is 11.7. The molecule has 1 fully saturated rings. The van der Waals surface area contributed by atoms with Crippen molar-refractivity contribution in [2.75, 3.05) is 46.4 Å². The Kier molecular flexibility index (Phi) is 8.84. The maximum Gasteiger partial charge on any atom is 0.194 e. The normalized spacial score (nSPS) is 15.4. The summed E-state index contributed by atoms with van der Waals surface area (Å²) < 4.78 is 21.1. The lowest BCUT2D eigenvalue weighted by Crippen LogP contribution is -2.52. The third-order valence-corrected chi connectivity index (χ3v) is 5.55. The van der Waals surface area contributed by atoms with E-state index in [-0.39, 0.29) is 11.6 Å². The van der Waals surface area contributed by atoms with E-state index in [1.54, 1.807) is 18.5 Å². The van der Waals surface area contributed by atoms with Crippen LogP contribution in [0.4, 0.5) is 4.39 Å². The van der Waals surface area contributed by atoms with Crippen molar-refractivity contribution in [1.29, 1.82) is 0 Å². The number of rotatable bonds is 9. The minimum absolute atomic E-state index is 0.285. The van der Waals surface area contributed by atoms with Crippen LogP contribution in [0.5, 0.6) is 5.75 Å². The lowest BCUT2D eigenvalue weighted by Gasteiger charge is -2.36. The van der Waals surface area contributed by atoms with E-state index in [0.717, 1.165) is 76.1 Å². The van der Waals surface area contributed by atoms with Crippen molar-refractivity contribution < 1.29 is 9.13 Å². The van der Waals surface area contributed by atoms with Gasteiger partial charge in [-0.25, -0.2) is 4.39 Å². The number of benzene rings is 1. The standard InChI is InChI=1S/C23H36FN7O/c1-5-22-28-27-17-31(22)9-8-25-23(26-15-18(2)3)30-12-10-29(11-13-30)16-19-6-7-21(32-4)20(24)14-19/h6-7,14,17-18H,5,8-13,15-16H2,1-4H3,(H,25,26). The van der Waals surface area contributed by atoms with E-state index in [0.29, 0.717) is 5.92 Å². The fraction of sp³-hybridized carbons (Fsp3) is 0.609. The Labute approximate surface area is 190 Å². The van der Waals surface area contributed by atoms with Crippen molar-refractivity contribution in [2.45, 2.75) is 40.3 Å². The van der Waals surface area contributed by atoms with E-state index in [1.807, 2.05) is 6.07 Å². The van der Waals surface area contributed by atoms with E-state index in [9.17, 15) is 4.39 Å². The van der Waals surface area contributed by atoms with Crippen LogP contribution >= 0.6 is 0 Å². The van der Waals surface area contributed by atoms with Gasteiger partial charge in [0.1, 0.15) is 12.2 Å². The van der Waals surface area contributed by atoms with Crippen molar-refractivity contribution in [2.24, 2.45) is 10.9 Å². The first-order valence-corrected chi connectivity index (χ1v) is 11.4. The molecule has 2 aromatic rings.